The minimum atomic E-state index is -0.264. The van der Waals surface area contributed by atoms with Gasteiger partial charge in [-0.1, -0.05) is 29.8 Å². The van der Waals surface area contributed by atoms with E-state index in [2.05, 4.69) is 14.3 Å². The minimum Gasteiger partial charge on any atom is -0.342 e. The van der Waals surface area contributed by atoms with Crippen molar-refractivity contribution in [3.8, 4) is 0 Å². The summed E-state index contributed by atoms with van der Waals surface area (Å²) in [6, 6.07) is 7.41. The van der Waals surface area contributed by atoms with Crippen LogP contribution in [-0.2, 0) is 22.4 Å². The van der Waals surface area contributed by atoms with Gasteiger partial charge in [0.25, 0.3) is 5.91 Å². The molecule has 1 aromatic carbocycles. The number of ketones is 1. The first-order valence-corrected chi connectivity index (χ1v) is 12.9. The van der Waals surface area contributed by atoms with E-state index in [1.54, 1.807) is 18.5 Å². The Labute approximate surface area is 210 Å². The maximum Gasteiger partial charge on any atom is 0.279 e. The first-order chi connectivity index (χ1) is 16.3. The molecule has 1 saturated heterocycles. The Hall–Kier alpha value is -2.69. The van der Waals surface area contributed by atoms with E-state index in [1.165, 1.54) is 23.2 Å². The number of Topliss-reactive ketones (excluding diaryl/α,β-unsaturated/α-hetero) is 1. The first kappa shape index (κ1) is 24.4. The standard InChI is InChI=1S/C23H24ClN5O3S2/c1-14(30)11-19-26-23(34-27-19)28(2)22(32)18-13-33-21(25-18)15-7-9-29(10-8-15)20(31)12-16-5-3-4-6-17(16)24/h3-6,13,15H,7-12H2,1-2H3. The lowest BCUT2D eigenvalue weighted by Crippen LogP contribution is -2.38. The second kappa shape index (κ2) is 10.7. The quantitative estimate of drug-likeness (QED) is 0.470. The third-order valence-electron chi connectivity index (χ3n) is 5.69. The van der Waals surface area contributed by atoms with Gasteiger partial charge in [0.05, 0.1) is 17.8 Å². The van der Waals surface area contributed by atoms with E-state index in [0.29, 0.717) is 41.2 Å². The Kier molecular flexibility index (Phi) is 7.70. The smallest absolute Gasteiger partial charge is 0.279 e. The van der Waals surface area contributed by atoms with Crippen LogP contribution in [0.3, 0.4) is 0 Å². The number of likely N-dealkylation sites (tertiary alicyclic amines) is 1. The molecule has 178 valence electrons. The van der Waals surface area contributed by atoms with Gasteiger partial charge in [-0.05, 0) is 31.4 Å². The molecule has 0 N–H and O–H groups in total. The van der Waals surface area contributed by atoms with Crippen molar-refractivity contribution in [3.63, 3.8) is 0 Å². The fraction of sp³-hybridized carbons (Fsp3) is 0.391. The number of carbonyl (C=O) groups excluding carboxylic acids is 3. The third kappa shape index (κ3) is 5.68. The second-order valence-corrected chi connectivity index (χ2v) is 10.3. The predicted octanol–water partition coefficient (Wildman–Crippen LogP) is 4.00. The van der Waals surface area contributed by atoms with Crippen molar-refractivity contribution in [1.29, 1.82) is 0 Å². The maximum absolute atomic E-state index is 12.9. The molecule has 0 spiro atoms. The van der Waals surface area contributed by atoms with Gasteiger partial charge in [-0.25, -0.2) is 9.97 Å². The van der Waals surface area contributed by atoms with Gasteiger partial charge < -0.3 is 4.90 Å². The van der Waals surface area contributed by atoms with Crippen molar-refractivity contribution in [2.45, 2.75) is 38.5 Å². The second-order valence-electron chi connectivity index (χ2n) is 8.23. The Morgan fingerprint density at radius 1 is 1.15 bits per heavy atom. The lowest BCUT2D eigenvalue weighted by molar-refractivity contribution is -0.131. The number of aromatic nitrogens is 3. The molecule has 1 aliphatic rings. The van der Waals surface area contributed by atoms with E-state index in [-0.39, 0.29) is 29.9 Å². The van der Waals surface area contributed by atoms with Crippen molar-refractivity contribution in [2.75, 3.05) is 25.0 Å². The zero-order valence-corrected chi connectivity index (χ0v) is 21.3. The van der Waals surface area contributed by atoms with Gasteiger partial charge in [0.15, 0.2) is 5.82 Å². The third-order valence-corrected chi connectivity index (χ3v) is 7.90. The Morgan fingerprint density at radius 3 is 2.59 bits per heavy atom. The molecule has 0 radical (unpaired) electrons. The van der Waals surface area contributed by atoms with Gasteiger partial charge in [-0.2, -0.15) is 4.37 Å². The molecule has 2 amide bonds. The largest absolute Gasteiger partial charge is 0.342 e. The summed E-state index contributed by atoms with van der Waals surface area (Å²) in [4.78, 5) is 49.0. The number of nitrogens with zero attached hydrogens (tertiary/aromatic N) is 5. The molecule has 8 nitrogen and oxygen atoms in total. The van der Waals surface area contributed by atoms with Gasteiger partial charge in [0.2, 0.25) is 11.0 Å². The summed E-state index contributed by atoms with van der Waals surface area (Å²) in [7, 11) is 1.63. The molecule has 1 fully saturated rings. The van der Waals surface area contributed by atoms with Gasteiger partial charge >= 0.3 is 0 Å². The van der Waals surface area contributed by atoms with Crippen LogP contribution in [0.15, 0.2) is 29.6 Å². The lowest BCUT2D eigenvalue weighted by Gasteiger charge is -2.31. The zero-order chi connectivity index (χ0) is 24.2. The predicted molar refractivity (Wildman–Crippen MR) is 133 cm³/mol. The highest BCUT2D eigenvalue weighted by Gasteiger charge is 2.27. The number of benzene rings is 1. The zero-order valence-electron chi connectivity index (χ0n) is 18.9. The number of halogens is 1. The molecular weight excluding hydrogens is 494 g/mol. The number of carbonyl (C=O) groups is 3. The first-order valence-electron chi connectivity index (χ1n) is 10.9. The lowest BCUT2D eigenvalue weighted by atomic mass is 9.97. The van der Waals surface area contributed by atoms with E-state index < -0.39 is 0 Å². The molecule has 0 saturated carbocycles. The molecule has 3 heterocycles. The maximum atomic E-state index is 12.9. The summed E-state index contributed by atoms with van der Waals surface area (Å²) in [5.74, 6) is 0.413. The van der Waals surface area contributed by atoms with Crippen LogP contribution in [-0.4, -0.2) is 57.0 Å². The van der Waals surface area contributed by atoms with Gasteiger partial charge in [0.1, 0.15) is 11.5 Å². The van der Waals surface area contributed by atoms with E-state index in [0.717, 1.165) is 34.9 Å². The Morgan fingerprint density at radius 2 is 1.88 bits per heavy atom. The number of hydrogen-bond donors (Lipinski definition) is 0. The van der Waals surface area contributed by atoms with Crippen LogP contribution >= 0.6 is 34.5 Å². The highest BCUT2D eigenvalue weighted by atomic mass is 35.5. The number of anilines is 1. The van der Waals surface area contributed by atoms with E-state index in [9.17, 15) is 14.4 Å². The van der Waals surface area contributed by atoms with Crippen molar-refractivity contribution in [3.05, 3.63) is 56.8 Å². The summed E-state index contributed by atoms with van der Waals surface area (Å²) < 4.78 is 4.14. The molecule has 0 atom stereocenters. The number of rotatable bonds is 7. The van der Waals surface area contributed by atoms with Crippen molar-refractivity contribution in [1.82, 2.24) is 19.2 Å². The minimum absolute atomic E-state index is 0.0286. The van der Waals surface area contributed by atoms with Crippen LogP contribution in [0.5, 0.6) is 0 Å². The highest BCUT2D eigenvalue weighted by molar-refractivity contribution is 7.10. The average Bonchev–Trinajstić information content (AvgIpc) is 3.49. The Bertz CT molecular complexity index is 1200. The van der Waals surface area contributed by atoms with Crippen LogP contribution < -0.4 is 4.90 Å². The monoisotopic (exact) mass is 517 g/mol. The van der Waals surface area contributed by atoms with Crippen molar-refractivity contribution in [2.24, 2.45) is 0 Å². The topological polar surface area (TPSA) is 96.4 Å². The van der Waals surface area contributed by atoms with Crippen LogP contribution in [0.4, 0.5) is 5.13 Å². The van der Waals surface area contributed by atoms with Crippen LogP contribution in [0.2, 0.25) is 5.02 Å². The van der Waals surface area contributed by atoms with Gasteiger partial charge in [0, 0.05) is 48.0 Å². The van der Waals surface area contributed by atoms with Gasteiger partial charge in [-0.15, -0.1) is 11.3 Å². The van der Waals surface area contributed by atoms with Crippen molar-refractivity contribution < 1.29 is 14.4 Å². The number of piperidine rings is 1. The molecular formula is C23H24ClN5O3S2. The Balaban J connectivity index is 1.33. The fourth-order valence-electron chi connectivity index (χ4n) is 3.80. The molecule has 34 heavy (non-hydrogen) atoms. The molecule has 0 unspecified atom stereocenters. The van der Waals surface area contributed by atoms with E-state index in [4.69, 9.17) is 11.6 Å². The summed E-state index contributed by atoms with van der Waals surface area (Å²) in [5, 5.41) is 3.71. The summed E-state index contributed by atoms with van der Waals surface area (Å²) in [5.41, 5.74) is 1.20. The summed E-state index contributed by atoms with van der Waals surface area (Å²) in [6.07, 6.45) is 2.05. The average molecular weight is 518 g/mol. The normalized spacial score (nSPS) is 14.3. The molecule has 3 aromatic rings. The molecule has 11 heteroatoms. The van der Waals surface area contributed by atoms with Crippen LogP contribution in [0.1, 0.15) is 52.6 Å². The van der Waals surface area contributed by atoms with Crippen LogP contribution in [0.25, 0.3) is 0 Å². The number of thiazole rings is 1. The fourth-order valence-corrected chi connectivity index (χ4v) is 5.61. The van der Waals surface area contributed by atoms with Crippen LogP contribution in [0, 0.1) is 0 Å². The summed E-state index contributed by atoms with van der Waals surface area (Å²) in [6.45, 7) is 2.78. The molecule has 0 bridgehead atoms. The van der Waals surface area contributed by atoms with E-state index in [1.807, 2.05) is 23.1 Å². The number of amides is 2. The van der Waals surface area contributed by atoms with E-state index >= 15 is 0 Å². The molecule has 2 aromatic heterocycles. The molecule has 4 rings (SSSR count). The van der Waals surface area contributed by atoms with Gasteiger partial charge in [-0.3, -0.25) is 19.3 Å². The number of hydrogen-bond acceptors (Lipinski definition) is 8. The molecule has 0 aliphatic carbocycles. The highest BCUT2D eigenvalue weighted by Crippen LogP contribution is 2.31. The van der Waals surface area contributed by atoms with Crippen molar-refractivity contribution >= 4 is 57.2 Å². The molecule has 1 aliphatic heterocycles. The summed E-state index contributed by atoms with van der Waals surface area (Å²) >= 11 is 8.74. The SMILES string of the molecule is CC(=O)Cc1nsc(N(C)C(=O)c2csc(C3CCN(C(=O)Cc4ccccc4Cl)CC3)n2)n1.